The van der Waals surface area contributed by atoms with Gasteiger partial charge >= 0.3 is 0 Å². The number of sulfonamides is 1. The fourth-order valence-electron chi connectivity index (χ4n) is 1.60. The van der Waals surface area contributed by atoms with Crippen molar-refractivity contribution in [2.75, 3.05) is 24.8 Å². The number of nitrogen functional groups attached to an aromatic ring is 1. The zero-order chi connectivity index (χ0) is 14.8. The lowest BCUT2D eigenvalue weighted by atomic mass is 10.2. The van der Waals surface area contributed by atoms with Gasteiger partial charge in [-0.1, -0.05) is 11.6 Å². The second-order valence-corrected chi connectivity index (χ2v) is 7.75. The van der Waals surface area contributed by atoms with Gasteiger partial charge in [0.25, 0.3) is 0 Å². The van der Waals surface area contributed by atoms with Crippen molar-refractivity contribution in [1.82, 2.24) is 4.31 Å². The predicted molar refractivity (Wildman–Crippen MR) is 83.4 cm³/mol. The quantitative estimate of drug-likeness (QED) is 0.846. The second kappa shape index (κ2) is 6.35. The second-order valence-electron chi connectivity index (χ2n) is 4.46. The van der Waals surface area contributed by atoms with Crippen LogP contribution in [0.1, 0.15) is 12.5 Å². The molecule has 1 aromatic rings. The van der Waals surface area contributed by atoms with Gasteiger partial charge in [0, 0.05) is 24.5 Å². The SMILES string of the molecule is CSCC(C)N(C)S(=O)(=O)c1cc(N)c(C)cc1Cl. The van der Waals surface area contributed by atoms with Crippen LogP contribution >= 0.6 is 23.4 Å². The van der Waals surface area contributed by atoms with Gasteiger partial charge in [-0.25, -0.2) is 8.42 Å². The number of benzene rings is 1. The molecule has 1 atom stereocenters. The van der Waals surface area contributed by atoms with Gasteiger partial charge in [0.1, 0.15) is 4.90 Å². The van der Waals surface area contributed by atoms with Crippen LogP contribution in [0.4, 0.5) is 5.69 Å². The van der Waals surface area contributed by atoms with Gasteiger partial charge < -0.3 is 5.73 Å². The fourth-order valence-corrected chi connectivity index (χ4v) is 4.36. The van der Waals surface area contributed by atoms with Crippen LogP contribution < -0.4 is 5.73 Å². The highest BCUT2D eigenvalue weighted by atomic mass is 35.5. The number of anilines is 1. The summed E-state index contributed by atoms with van der Waals surface area (Å²) in [7, 11) is -2.06. The van der Waals surface area contributed by atoms with E-state index in [9.17, 15) is 8.42 Å². The monoisotopic (exact) mass is 322 g/mol. The predicted octanol–water partition coefficient (Wildman–Crippen LogP) is 2.60. The average molecular weight is 323 g/mol. The Hall–Kier alpha value is -0.430. The van der Waals surface area contributed by atoms with Gasteiger partial charge in [-0.2, -0.15) is 16.1 Å². The number of halogens is 1. The van der Waals surface area contributed by atoms with E-state index >= 15 is 0 Å². The molecule has 0 aliphatic carbocycles. The summed E-state index contributed by atoms with van der Waals surface area (Å²) in [6.45, 7) is 3.65. The van der Waals surface area contributed by atoms with Crippen molar-refractivity contribution in [3.63, 3.8) is 0 Å². The van der Waals surface area contributed by atoms with Crippen molar-refractivity contribution < 1.29 is 8.42 Å². The minimum absolute atomic E-state index is 0.0627. The highest BCUT2D eigenvalue weighted by Gasteiger charge is 2.27. The number of hydrogen-bond acceptors (Lipinski definition) is 4. The summed E-state index contributed by atoms with van der Waals surface area (Å²) in [6, 6.07) is 2.89. The smallest absolute Gasteiger partial charge is 0.244 e. The maximum atomic E-state index is 12.5. The normalized spacial score (nSPS) is 13.8. The number of hydrogen-bond donors (Lipinski definition) is 1. The Balaban J connectivity index is 3.24. The molecular formula is C12H19ClN2O2S2. The molecule has 0 saturated carbocycles. The third kappa shape index (κ3) is 3.56. The lowest BCUT2D eigenvalue weighted by Crippen LogP contribution is -2.36. The summed E-state index contributed by atoms with van der Waals surface area (Å²) in [4.78, 5) is 0.0627. The Morgan fingerprint density at radius 1 is 1.47 bits per heavy atom. The molecule has 1 unspecified atom stereocenters. The summed E-state index contributed by atoms with van der Waals surface area (Å²) in [6.07, 6.45) is 1.94. The van der Waals surface area contributed by atoms with Crippen molar-refractivity contribution in [2.45, 2.75) is 24.8 Å². The Morgan fingerprint density at radius 3 is 2.58 bits per heavy atom. The number of aryl methyl sites for hydroxylation is 1. The van der Waals surface area contributed by atoms with Crippen LogP contribution in [0.15, 0.2) is 17.0 Å². The van der Waals surface area contributed by atoms with E-state index in [4.69, 9.17) is 17.3 Å². The molecule has 1 rings (SSSR count). The van der Waals surface area contributed by atoms with Crippen molar-refractivity contribution in [2.24, 2.45) is 0 Å². The van der Waals surface area contributed by atoms with Crippen molar-refractivity contribution in [1.29, 1.82) is 0 Å². The molecule has 0 fully saturated rings. The van der Waals surface area contributed by atoms with E-state index < -0.39 is 10.0 Å². The molecule has 0 aromatic heterocycles. The van der Waals surface area contributed by atoms with E-state index in [1.165, 1.54) is 10.4 Å². The van der Waals surface area contributed by atoms with E-state index in [0.717, 1.165) is 5.56 Å². The van der Waals surface area contributed by atoms with Crippen LogP contribution in [0.5, 0.6) is 0 Å². The largest absolute Gasteiger partial charge is 0.398 e. The molecule has 0 spiro atoms. The minimum atomic E-state index is -3.62. The minimum Gasteiger partial charge on any atom is -0.398 e. The van der Waals surface area contributed by atoms with E-state index in [-0.39, 0.29) is 16.0 Å². The topological polar surface area (TPSA) is 63.4 Å². The van der Waals surface area contributed by atoms with Gasteiger partial charge in [-0.05, 0) is 37.8 Å². The van der Waals surface area contributed by atoms with Gasteiger partial charge in [-0.3, -0.25) is 0 Å². The van der Waals surface area contributed by atoms with E-state index in [2.05, 4.69) is 0 Å². The molecule has 0 bridgehead atoms. The molecule has 2 N–H and O–H groups in total. The first-order chi connectivity index (χ1) is 8.71. The first-order valence-electron chi connectivity index (χ1n) is 5.74. The number of nitrogens with two attached hydrogens (primary N) is 1. The fraction of sp³-hybridized carbons (Fsp3) is 0.500. The van der Waals surface area contributed by atoms with Crippen LogP contribution in [0, 0.1) is 6.92 Å². The summed E-state index contributed by atoms with van der Waals surface area (Å²) < 4.78 is 26.4. The van der Waals surface area contributed by atoms with Crippen molar-refractivity contribution in [3.05, 3.63) is 22.7 Å². The van der Waals surface area contributed by atoms with Crippen LogP contribution in [-0.4, -0.2) is 37.8 Å². The van der Waals surface area contributed by atoms with Gasteiger partial charge in [-0.15, -0.1) is 0 Å². The molecular weight excluding hydrogens is 304 g/mol. The zero-order valence-corrected chi connectivity index (χ0v) is 13.9. The molecule has 1 aromatic carbocycles. The summed E-state index contributed by atoms with van der Waals surface area (Å²) >= 11 is 7.64. The third-order valence-corrected chi connectivity index (χ3v) is 6.26. The molecule has 0 aliphatic rings. The van der Waals surface area contributed by atoms with Crippen LogP contribution in [0.3, 0.4) is 0 Å². The number of thioether (sulfide) groups is 1. The van der Waals surface area contributed by atoms with Gasteiger partial charge in [0.2, 0.25) is 10.0 Å². The Morgan fingerprint density at radius 2 is 2.05 bits per heavy atom. The number of rotatable bonds is 5. The van der Waals surface area contributed by atoms with Crippen LogP contribution in [0.2, 0.25) is 5.02 Å². The summed E-state index contributed by atoms with van der Waals surface area (Å²) in [5, 5.41) is 0.204. The first-order valence-corrected chi connectivity index (χ1v) is 8.95. The average Bonchev–Trinajstić information content (AvgIpc) is 2.32. The lowest BCUT2D eigenvalue weighted by molar-refractivity contribution is 0.415. The molecule has 0 radical (unpaired) electrons. The van der Waals surface area contributed by atoms with E-state index in [0.29, 0.717) is 11.4 Å². The zero-order valence-electron chi connectivity index (χ0n) is 11.5. The summed E-state index contributed by atoms with van der Waals surface area (Å²) in [5.74, 6) is 0.717. The molecule has 0 aliphatic heterocycles. The van der Waals surface area contributed by atoms with Gasteiger partial charge in [0.05, 0.1) is 5.02 Å². The Kier molecular flexibility index (Phi) is 5.55. The van der Waals surface area contributed by atoms with E-state index in [1.807, 2.05) is 13.2 Å². The van der Waals surface area contributed by atoms with Crippen LogP contribution in [-0.2, 0) is 10.0 Å². The standard InChI is InChI=1S/C12H19ClN2O2S2/c1-8-5-10(13)12(6-11(8)14)19(16,17)15(3)9(2)7-18-4/h5-6,9H,7,14H2,1-4H3. The molecule has 108 valence electrons. The molecule has 0 heterocycles. The first kappa shape index (κ1) is 16.6. The highest BCUT2D eigenvalue weighted by molar-refractivity contribution is 7.98. The molecule has 4 nitrogen and oxygen atoms in total. The van der Waals surface area contributed by atoms with Gasteiger partial charge in [0.15, 0.2) is 0 Å². The Labute approximate surface area is 124 Å². The van der Waals surface area contributed by atoms with E-state index in [1.54, 1.807) is 31.8 Å². The highest BCUT2D eigenvalue weighted by Crippen LogP contribution is 2.29. The maximum Gasteiger partial charge on any atom is 0.244 e. The van der Waals surface area contributed by atoms with Crippen molar-refractivity contribution in [3.8, 4) is 0 Å². The molecule has 0 amide bonds. The molecule has 7 heteroatoms. The lowest BCUT2D eigenvalue weighted by Gasteiger charge is -2.24. The Bertz CT molecular complexity index is 561. The maximum absolute atomic E-state index is 12.5. The van der Waals surface area contributed by atoms with Crippen LogP contribution in [0.25, 0.3) is 0 Å². The summed E-state index contributed by atoms with van der Waals surface area (Å²) in [5.41, 5.74) is 6.97. The third-order valence-electron chi connectivity index (χ3n) is 3.01. The number of nitrogens with zero attached hydrogens (tertiary/aromatic N) is 1. The molecule has 19 heavy (non-hydrogen) atoms. The molecule has 0 saturated heterocycles. The van der Waals surface area contributed by atoms with Crippen molar-refractivity contribution >= 4 is 39.1 Å².